The zero-order chi connectivity index (χ0) is 9.97. The van der Waals surface area contributed by atoms with Crippen molar-refractivity contribution >= 4 is 6.16 Å². The van der Waals surface area contributed by atoms with Crippen LogP contribution in [-0.4, -0.2) is 17.8 Å². The summed E-state index contributed by atoms with van der Waals surface area (Å²) in [4.78, 5) is 10.4. The number of hydrogen-bond donors (Lipinski definition) is 2. The van der Waals surface area contributed by atoms with E-state index in [-0.39, 0.29) is 0 Å². The third kappa shape index (κ3) is 1.70. The Morgan fingerprint density at radius 2 is 2.29 bits per heavy atom. The summed E-state index contributed by atoms with van der Waals surface area (Å²) in [6.07, 6.45) is -0.855. The lowest BCUT2D eigenvalue weighted by molar-refractivity contribution is 0.0332. The average molecular weight is 193 g/mol. The minimum Gasteiger partial charge on any atom is -0.450 e. The van der Waals surface area contributed by atoms with Gasteiger partial charge in [-0.05, 0) is 12.0 Å². The van der Waals surface area contributed by atoms with Crippen LogP contribution in [0, 0.1) is 0 Å². The van der Waals surface area contributed by atoms with Gasteiger partial charge in [0.05, 0.1) is 0 Å². The first kappa shape index (κ1) is 9.02. The standard InChI is InChI=1S/C10H11NO3/c12-10(13)14-9-8-4-2-1-3-7(8)5-6-11-9/h1-4,9,11H,5-6H2,(H,12,13)/t9-/m1/s1. The summed E-state index contributed by atoms with van der Waals surface area (Å²) in [6, 6.07) is 7.70. The van der Waals surface area contributed by atoms with Gasteiger partial charge in [0.2, 0.25) is 0 Å². The molecule has 1 aliphatic rings. The fourth-order valence-corrected chi connectivity index (χ4v) is 1.67. The molecular formula is C10H11NO3. The van der Waals surface area contributed by atoms with Crippen LogP contribution in [0.3, 0.4) is 0 Å². The van der Waals surface area contributed by atoms with Gasteiger partial charge in [-0.15, -0.1) is 0 Å². The van der Waals surface area contributed by atoms with E-state index in [1.54, 1.807) is 0 Å². The van der Waals surface area contributed by atoms with Gasteiger partial charge in [-0.2, -0.15) is 0 Å². The van der Waals surface area contributed by atoms with Gasteiger partial charge in [-0.25, -0.2) is 4.79 Å². The summed E-state index contributed by atoms with van der Waals surface area (Å²) in [5.41, 5.74) is 2.07. The van der Waals surface area contributed by atoms with Crippen molar-refractivity contribution in [2.45, 2.75) is 12.6 Å². The Labute approximate surface area is 81.5 Å². The molecule has 1 aromatic carbocycles. The second-order valence-electron chi connectivity index (χ2n) is 3.17. The summed E-state index contributed by atoms with van der Waals surface area (Å²) in [5, 5.41) is 11.5. The Balaban J connectivity index is 2.26. The Morgan fingerprint density at radius 1 is 1.50 bits per heavy atom. The molecule has 0 bridgehead atoms. The van der Waals surface area contributed by atoms with Crippen molar-refractivity contribution in [1.29, 1.82) is 0 Å². The average Bonchev–Trinajstić information content (AvgIpc) is 2.18. The van der Waals surface area contributed by atoms with Crippen molar-refractivity contribution in [2.75, 3.05) is 6.54 Å². The lowest BCUT2D eigenvalue weighted by Gasteiger charge is -2.25. The molecule has 0 saturated carbocycles. The SMILES string of the molecule is O=C(O)O[C@H]1NCCc2ccccc21. The van der Waals surface area contributed by atoms with Gasteiger partial charge in [0.15, 0.2) is 6.23 Å². The number of ether oxygens (including phenoxy) is 1. The molecule has 14 heavy (non-hydrogen) atoms. The molecule has 2 rings (SSSR count). The summed E-state index contributed by atoms with van der Waals surface area (Å²) in [5.74, 6) is 0. The maximum atomic E-state index is 10.4. The quantitative estimate of drug-likeness (QED) is 0.664. The molecule has 0 saturated heterocycles. The van der Waals surface area contributed by atoms with E-state index in [0.717, 1.165) is 24.1 Å². The van der Waals surface area contributed by atoms with Crippen molar-refractivity contribution in [2.24, 2.45) is 0 Å². The molecule has 0 spiro atoms. The minimum absolute atomic E-state index is 0.516. The van der Waals surface area contributed by atoms with Crippen molar-refractivity contribution in [3.63, 3.8) is 0 Å². The maximum Gasteiger partial charge on any atom is 0.507 e. The minimum atomic E-state index is -1.25. The lowest BCUT2D eigenvalue weighted by atomic mass is 10.00. The molecule has 4 nitrogen and oxygen atoms in total. The molecule has 0 fully saturated rings. The fraction of sp³-hybridized carbons (Fsp3) is 0.300. The topological polar surface area (TPSA) is 58.6 Å². The molecule has 1 aromatic rings. The van der Waals surface area contributed by atoms with Crippen LogP contribution < -0.4 is 5.32 Å². The van der Waals surface area contributed by atoms with Crippen molar-refractivity contribution in [3.8, 4) is 0 Å². The Hall–Kier alpha value is -1.55. The number of carbonyl (C=O) groups is 1. The van der Waals surface area contributed by atoms with Crippen molar-refractivity contribution in [1.82, 2.24) is 5.32 Å². The molecule has 2 N–H and O–H groups in total. The van der Waals surface area contributed by atoms with E-state index in [2.05, 4.69) is 5.32 Å². The first-order valence-corrected chi connectivity index (χ1v) is 4.48. The van der Waals surface area contributed by atoms with E-state index in [4.69, 9.17) is 9.84 Å². The van der Waals surface area contributed by atoms with Crippen LogP contribution >= 0.6 is 0 Å². The molecule has 0 amide bonds. The molecule has 1 atom stereocenters. The predicted octanol–water partition coefficient (Wildman–Crippen LogP) is 1.53. The maximum absolute atomic E-state index is 10.4. The molecule has 0 unspecified atom stereocenters. The molecule has 0 aliphatic carbocycles. The molecule has 0 radical (unpaired) electrons. The molecule has 1 heterocycles. The van der Waals surface area contributed by atoms with Gasteiger partial charge >= 0.3 is 6.16 Å². The van der Waals surface area contributed by atoms with Gasteiger partial charge in [0.25, 0.3) is 0 Å². The van der Waals surface area contributed by atoms with Crippen LogP contribution in [0.5, 0.6) is 0 Å². The third-order valence-electron chi connectivity index (χ3n) is 2.28. The predicted molar refractivity (Wildman–Crippen MR) is 50.0 cm³/mol. The molecule has 1 aliphatic heterocycles. The first-order chi connectivity index (χ1) is 6.77. The number of hydrogen-bond acceptors (Lipinski definition) is 3. The smallest absolute Gasteiger partial charge is 0.450 e. The highest BCUT2D eigenvalue weighted by Gasteiger charge is 2.21. The second-order valence-corrected chi connectivity index (χ2v) is 3.17. The van der Waals surface area contributed by atoms with Crippen LogP contribution in [0.4, 0.5) is 4.79 Å². The van der Waals surface area contributed by atoms with Crippen molar-refractivity contribution in [3.05, 3.63) is 35.4 Å². The highest BCUT2D eigenvalue weighted by molar-refractivity contribution is 5.57. The monoisotopic (exact) mass is 193 g/mol. The van der Waals surface area contributed by atoms with Crippen LogP contribution in [0.1, 0.15) is 17.4 Å². The number of nitrogens with one attached hydrogen (secondary N) is 1. The lowest BCUT2D eigenvalue weighted by Crippen LogP contribution is -2.32. The second kappa shape index (κ2) is 3.67. The number of rotatable bonds is 1. The Morgan fingerprint density at radius 3 is 3.07 bits per heavy atom. The summed E-state index contributed by atoms with van der Waals surface area (Å²) in [7, 11) is 0. The third-order valence-corrected chi connectivity index (χ3v) is 2.28. The molecule has 4 heteroatoms. The van der Waals surface area contributed by atoms with E-state index in [1.165, 1.54) is 0 Å². The highest BCUT2D eigenvalue weighted by atomic mass is 16.7. The van der Waals surface area contributed by atoms with E-state index in [0.29, 0.717) is 0 Å². The van der Waals surface area contributed by atoms with Gasteiger partial charge in [-0.3, -0.25) is 5.32 Å². The largest absolute Gasteiger partial charge is 0.507 e. The van der Waals surface area contributed by atoms with Gasteiger partial charge < -0.3 is 9.84 Å². The van der Waals surface area contributed by atoms with E-state index in [1.807, 2.05) is 24.3 Å². The van der Waals surface area contributed by atoms with Gasteiger partial charge in [-0.1, -0.05) is 24.3 Å². The Bertz CT molecular complexity index is 351. The zero-order valence-corrected chi connectivity index (χ0v) is 7.56. The van der Waals surface area contributed by atoms with Crippen LogP contribution in [0.25, 0.3) is 0 Å². The summed E-state index contributed by atoms with van der Waals surface area (Å²) >= 11 is 0. The number of benzene rings is 1. The molecule has 0 aromatic heterocycles. The van der Waals surface area contributed by atoms with Gasteiger partial charge in [0.1, 0.15) is 0 Å². The van der Waals surface area contributed by atoms with Crippen LogP contribution in [-0.2, 0) is 11.2 Å². The number of fused-ring (bicyclic) bond motifs is 1. The van der Waals surface area contributed by atoms with Crippen LogP contribution in [0.15, 0.2) is 24.3 Å². The molecular weight excluding hydrogens is 182 g/mol. The van der Waals surface area contributed by atoms with Crippen LogP contribution in [0.2, 0.25) is 0 Å². The molecule has 74 valence electrons. The Kier molecular flexibility index (Phi) is 2.37. The van der Waals surface area contributed by atoms with E-state index < -0.39 is 12.4 Å². The van der Waals surface area contributed by atoms with E-state index >= 15 is 0 Å². The highest BCUT2D eigenvalue weighted by Crippen LogP contribution is 2.23. The fourth-order valence-electron chi connectivity index (χ4n) is 1.67. The van der Waals surface area contributed by atoms with E-state index in [9.17, 15) is 4.79 Å². The van der Waals surface area contributed by atoms with Gasteiger partial charge in [0, 0.05) is 12.1 Å². The van der Waals surface area contributed by atoms with Crippen molar-refractivity contribution < 1.29 is 14.6 Å². The summed E-state index contributed by atoms with van der Waals surface area (Å²) in [6.45, 7) is 0.745. The first-order valence-electron chi connectivity index (χ1n) is 4.48. The number of carboxylic acid groups (broad SMARTS) is 1. The summed E-state index contributed by atoms with van der Waals surface area (Å²) < 4.78 is 4.72. The zero-order valence-electron chi connectivity index (χ0n) is 7.56. The normalized spacial score (nSPS) is 19.9.